The number of nitrogens with two attached hydrogens (primary N) is 1. The molecule has 1 fully saturated rings. The zero-order valence-corrected chi connectivity index (χ0v) is 9.24. The van der Waals surface area contributed by atoms with E-state index in [1.165, 1.54) is 0 Å². The zero-order chi connectivity index (χ0) is 11.3. The molecule has 0 spiro atoms. The van der Waals surface area contributed by atoms with Crippen molar-refractivity contribution in [3.63, 3.8) is 0 Å². The van der Waals surface area contributed by atoms with Crippen LogP contribution in [0.4, 0.5) is 0 Å². The highest BCUT2D eigenvalue weighted by Crippen LogP contribution is 2.31. The summed E-state index contributed by atoms with van der Waals surface area (Å²) in [5, 5.41) is 24.4. The lowest BCUT2D eigenvalue weighted by molar-refractivity contribution is -0.00513. The third-order valence-electron chi connectivity index (χ3n) is 3.09. The molecular formula is C10H21N3O2. The number of aliphatic hydroxyl groups is 1. The van der Waals surface area contributed by atoms with E-state index in [-0.39, 0.29) is 5.84 Å². The standard InChI is InChI=1S/C10H21N3O2/c1-8-2-4-10(14,5-3-8)7-12-6-9(11)13-15/h8,12,14-15H,2-7H2,1H3,(H2,11,13). The van der Waals surface area contributed by atoms with Crippen LogP contribution in [0, 0.1) is 5.92 Å². The Morgan fingerprint density at radius 1 is 1.53 bits per heavy atom. The van der Waals surface area contributed by atoms with Crippen molar-refractivity contribution >= 4 is 5.84 Å². The van der Waals surface area contributed by atoms with Crippen LogP contribution in [-0.4, -0.2) is 34.8 Å². The maximum Gasteiger partial charge on any atom is 0.153 e. The molecule has 1 rings (SSSR count). The molecule has 5 nitrogen and oxygen atoms in total. The van der Waals surface area contributed by atoms with Crippen molar-refractivity contribution < 1.29 is 10.3 Å². The summed E-state index contributed by atoms with van der Waals surface area (Å²) < 4.78 is 0. The summed E-state index contributed by atoms with van der Waals surface area (Å²) in [6.45, 7) is 3.04. The summed E-state index contributed by atoms with van der Waals surface area (Å²) in [7, 11) is 0. The number of amidine groups is 1. The molecule has 0 aliphatic heterocycles. The highest BCUT2D eigenvalue weighted by atomic mass is 16.4. The molecule has 1 saturated carbocycles. The molecule has 1 aliphatic carbocycles. The molecule has 0 unspecified atom stereocenters. The van der Waals surface area contributed by atoms with Crippen LogP contribution in [0.15, 0.2) is 5.16 Å². The van der Waals surface area contributed by atoms with Gasteiger partial charge in [0.05, 0.1) is 12.1 Å². The van der Waals surface area contributed by atoms with Crippen molar-refractivity contribution in [3.05, 3.63) is 0 Å². The van der Waals surface area contributed by atoms with E-state index in [1.807, 2.05) is 0 Å². The average molecular weight is 215 g/mol. The van der Waals surface area contributed by atoms with Gasteiger partial charge < -0.3 is 21.4 Å². The first-order valence-electron chi connectivity index (χ1n) is 5.45. The molecule has 5 N–H and O–H groups in total. The average Bonchev–Trinajstić information content (AvgIpc) is 2.23. The van der Waals surface area contributed by atoms with E-state index in [1.54, 1.807) is 0 Å². The largest absolute Gasteiger partial charge is 0.409 e. The Morgan fingerprint density at radius 2 is 2.13 bits per heavy atom. The Labute approximate surface area is 90.3 Å². The fourth-order valence-corrected chi connectivity index (χ4v) is 1.93. The molecule has 88 valence electrons. The fourth-order valence-electron chi connectivity index (χ4n) is 1.93. The van der Waals surface area contributed by atoms with E-state index in [9.17, 15) is 5.11 Å². The SMILES string of the molecule is CC1CCC(O)(CNCC(N)=NO)CC1. The molecule has 0 radical (unpaired) electrons. The Balaban J connectivity index is 2.25. The molecule has 0 aromatic rings. The Kier molecular flexibility index (Phi) is 4.35. The highest BCUT2D eigenvalue weighted by molar-refractivity contribution is 5.81. The fraction of sp³-hybridized carbons (Fsp3) is 0.900. The normalized spacial score (nSPS) is 32.9. The molecule has 1 aliphatic rings. The van der Waals surface area contributed by atoms with Crippen LogP contribution in [0.5, 0.6) is 0 Å². The third-order valence-corrected chi connectivity index (χ3v) is 3.09. The highest BCUT2D eigenvalue weighted by Gasteiger charge is 2.31. The first kappa shape index (κ1) is 12.3. The second kappa shape index (κ2) is 5.32. The van der Waals surface area contributed by atoms with E-state index in [0.29, 0.717) is 19.0 Å². The van der Waals surface area contributed by atoms with Crippen LogP contribution in [0.2, 0.25) is 0 Å². The van der Waals surface area contributed by atoms with Crippen LogP contribution >= 0.6 is 0 Å². The maximum absolute atomic E-state index is 10.2. The summed E-state index contributed by atoms with van der Waals surface area (Å²) in [6, 6.07) is 0. The first-order chi connectivity index (χ1) is 7.06. The van der Waals surface area contributed by atoms with E-state index in [4.69, 9.17) is 10.9 Å². The molecule has 15 heavy (non-hydrogen) atoms. The number of nitrogens with zero attached hydrogens (tertiary/aromatic N) is 1. The van der Waals surface area contributed by atoms with Gasteiger partial charge in [-0.2, -0.15) is 0 Å². The lowest BCUT2D eigenvalue weighted by Crippen LogP contribution is -2.45. The molecule has 0 amide bonds. The molecule has 0 saturated heterocycles. The van der Waals surface area contributed by atoms with Crippen molar-refractivity contribution in [2.24, 2.45) is 16.8 Å². The van der Waals surface area contributed by atoms with Crippen molar-refractivity contribution in [3.8, 4) is 0 Å². The maximum atomic E-state index is 10.2. The molecule has 5 heteroatoms. The minimum absolute atomic E-state index is 0.141. The first-order valence-corrected chi connectivity index (χ1v) is 5.45. The zero-order valence-electron chi connectivity index (χ0n) is 9.24. The molecule has 0 aromatic heterocycles. The number of oxime groups is 1. The van der Waals surface area contributed by atoms with Gasteiger partial charge in [-0.3, -0.25) is 0 Å². The summed E-state index contributed by atoms with van der Waals surface area (Å²) in [4.78, 5) is 0. The van der Waals surface area contributed by atoms with Gasteiger partial charge in [-0.05, 0) is 31.6 Å². The summed E-state index contributed by atoms with van der Waals surface area (Å²) in [6.07, 6.45) is 3.80. The Bertz CT molecular complexity index is 223. The van der Waals surface area contributed by atoms with Gasteiger partial charge in [0.2, 0.25) is 0 Å². The lowest BCUT2D eigenvalue weighted by atomic mass is 9.79. The predicted octanol–water partition coefficient (Wildman–Crippen LogP) is 0.264. The van der Waals surface area contributed by atoms with Gasteiger partial charge in [0.15, 0.2) is 5.84 Å². The van der Waals surface area contributed by atoms with Crippen LogP contribution in [0.25, 0.3) is 0 Å². The molecule has 0 atom stereocenters. The smallest absolute Gasteiger partial charge is 0.153 e. The van der Waals surface area contributed by atoms with Gasteiger partial charge >= 0.3 is 0 Å². The Hall–Kier alpha value is -0.810. The van der Waals surface area contributed by atoms with Crippen molar-refractivity contribution in [1.82, 2.24) is 5.32 Å². The minimum atomic E-state index is -0.609. The Morgan fingerprint density at radius 3 is 2.67 bits per heavy atom. The van der Waals surface area contributed by atoms with Gasteiger partial charge in [0, 0.05) is 6.54 Å². The van der Waals surface area contributed by atoms with E-state index >= 15 is 0 Å². The number of hydrogen-bond donors (Lipinski definition) is 4. The quantitative estimate of drug-likeness (QED) is 0.234. The van der Waals surface area contributed by atoms with Crippen molar-refractivity contribution in [2.45, 2.75) is 38.2 Å². The molecule has 0 bridgehead atoms. The topological polar surface area (TPSA) is 90.9 Å². The van der Waals surface area contributed by atoms with Gasteiger partial charge in [-0.15, -0.1) is 0 Å². The molecular weight excluding hydrogens is 194 g/mol. The molecule has 0 heterocycles. The monoisotopic (exact) mass is 215 g/mol. The number of rotatable bonds is 4. The second-order valence-corrected chi connectivity index (χ2v) is 4.60. The summed E-state index contributed by atoms with van der Waals surface area (Å²) in [5.41, 5.74) is 4.70. The van der Waals surface area contributed by atoms with Gasteiger partial charge in [0.1, 0.15) is 0 Å². The van der Waals surface area contributed by atoms with E-state index < -0.39 is 5.60 Å². The predicted molar refractivity (Wildman–Crippen MR) is 58.9 cm³/mol. The van der Waals surface area contributed by atoms with Crippen molar-refractivity contribution in [2.75, 3.05) is 13.1 Å². The van der Waals surface area contributed by atoms with Gasteiger partial charge in [0.25, 0.3) is 0 Å². The molecule has 0 aromatic carbocycles. The van der Waals surface area contributed by atoms with Gasteiger partial charge in [-0.1, -0.05) is 12.1 Å². The van der Waals surface area contributed by atoms with Crippen LogP contribution in [-0.2, 0) is 0 Å². The minimum Gasteiger partial charge on any atom is -0.409 e. The van der Waals surface area contributed by atoms with E-state index in [2.05, 4.69) is 17.4 Å². The third kappa shape index (κ3) is 4.05. The van der Waals surface area contributed by atoms with Crippen LogP contribution in [0.1, 0.15) is 32.6 Å². The second-order valence-electron chi connectivity index (χ2n) is 4.60. The summed E-state index contributed by atoms with van der Waals surface area (Å²) in [5.74, 6) is 0.858. The van der Waals surface area contributed by atoms with Crippen molar-refractivity contribution in [1.29, 1.82) is 0 Å². The lowest BCUT2D eigenvalue weighted by Gasteiger charge is -2.35. The van der Waals surface area contributed by atoms with Gasteiger partial charge in [-0.25, -0.2) is 0 Å². The summed E-state index contributed by atoms with van der Waals surface area (Å²) >= 11 is 0. The van der Waals surface area contributed by atoms with Crippen LogP contribution in [0.3, 0.4) is 0 Å². The number of nitrogens with one attached hydrogen (secondary N) is 1. The van der Waals surface area contributed by atoms with Crippen LogP contribution < -0.4 is 11.1 Å². The van der Waals surface area contributed by atoms with E-state index in [0.717, 1.165) is 25.7 Å². The number of hydrogen-bond acceptors (Lipinski definition) is 4.